The highest BCUT2D eigenvalue weighted by molar-refractivity contribution is 5.87. The summed E-state index contributed by atoms with van der Waals surface area (Å²) in [6.45, 7) is 1.96. The molecule has 0 radical (unpaired) electrons. The number of hydrogen-bond donors (Lipinski definition) is 2. The quantitative estimate of drug-likeness (QED) is 0.776. The van der Waals surface area contributed by atoms with E-state index in [4.69, 9.17) is 0 Å². The molecule has 1 unspecified atom stereocenters. The van der Waals surface area contributed by atoms with Crippen LogP contribution >= 0.6 is 0 Å². The second-order valence-corrected chi connectivity index (χ2v) is 4.90. The first-order valence-electron chi connectivity index (χ1n) is 6.18. The molecule has 3 rings (SSSR count). The van der Waals surface area contributed by atoms with Crippen LogP contribution in [0.15, 0.2) is 12.1 Å². The molecule has 17 heavy (non-hydrogen) atoms. The summed E-state index contributed by atoms with van der Waals surface area (Å²) < 4.78 is 13.5. The number of hydrogen-bond acceptors (Lipinski definition) is 1. The molecule has 2 N–H and O–H groups in total. The van der Waals surface area contributed by atoms with Crippen LogP contribution in [0.1, 0.15) is 35.7 Å². The van der Waals surface area contributed by atoms with Crippen molar-refractivity contribution in [1.29, 1.82) is 0 Å². The van der Waals surface area contributed by atoms with Crippen molar-refractivity contribution in [1.82, 2.24) is 10.3 Å². The molecule has 0 spiro atoms. The molecule has 1 aliphatic rings. The molecule has 0 aliphatic heterocycles. The SMILES string of the molecule is CNC1CCCc2c1[nH]c1c(C)cc(F)cc21. The van der Waals surface area contributed by atoms with Gasteiger partial charge in [0.1, 0.15) is 5.82 Å². The lowest BCUT2D eigenvalue weighted by molar-refractivity contribution is 0.489. The van der Waals surface area contributed by atoms with E-state index in [0.29, 0.717) is 6.04 Å². The Kier molecular flexibility index (Phi) is 2.44. The molecule has 0 saturated carbocycles. The average molecular weight is 232 g/mol. The van der Waals surface area contributed by atoms with E-state index in [2.05, 4.69) is 10.3 Å². The fourth-order valence-corrected chi connectivity index (χ4v) is 2.99. The first-order chi connectivity index (χ1) is 8.20. The zero-order valence-corrected chi connectivity index (χ0v) is 10.2. The maximum absolute atomic E-state index is 13.5. The van der Waals surface area contributed by atoms with Gasteiger partial charge >= 0.3 is 0 Å². The zero-order chi connectivity index (χ0) is 12.0. The summed E-state index contributed by atoms with van der Waals surface area (Å²) >= 11 is 0. The molecule has 90 valence electrons. The van der Waals surface area contributed by atoms with Gasteiger partial charge < -0.3 is 10.3 Å². The van der Waals surface area contributed by atoms with Gasteiger partial charge in [-0.05, 0) is 56.5 Å². The number of rotatable bonds is 1. The molecular weight excluding hydrogens is 215 g/mol. The summed E-state index contributed by atoms with van der Waals surface area (Å²) in [5.41, 5.74) is 4.64. The minimum atomic E-state index is -0.136. The van der Waals surface area contributed by atoms with Crippen molar-refractivity contribution < 1.29 is 4.39 Å². The van der Waals surface area contributed by atoms with Gasteiger partial charge in [-0.1, -0.05) is 0 Å². The molecule has 3 heteroatoms. The maximum Gasteiger partial charge on any atom is 0.124 e. The van der Waals surface area contributed by atoms with Crippen molar-refractivity contribution in [3.63, 3.8) is 0 Å². The van der Waals surface area contributed by atoms with Crippen molar-refractivity contribution in [2.24, 2.45) is 0 Å². The Labute approximate surface area is 100 Å². The van der Waals surface area contributed by atoms with Crippen molar-refractivity contribution in [3.05, 3.63) is 34.8 Å². The molecule has 1 aliphatic carbocycles. The predicted octanol–water partition coefficient (Wildman–Crippen LogP) is 3.21. The van der Waals surface area contributed by atoms with Crippen LogP contribution in [0.5, 0.6) is 0 Å². The summed E-state index contributed by atoms with van der Waals surface area (Å²) in [4.78, 5) is 3.48. The number of aromatic nitrogens is 1. The van der Waals surface area contributed by atoms with Crippen LogP contribution in [0.3, 0.4) is 0 Å². The number of fused-ring (bicyclic) bond motifs is 3. The van der Waals surface area contributed by atoms with E-state index >= 15 is 0 Å². The summed E-state index contributed by atoms with van der Waals surface area (Å²) in [5, 5.41) is 4.40. The summed E-state index contributed by atoms with van der Waals surface area (Å²) in [6, 6.07) is 3.64. The number of halogens is 1. The fourth-order valence-electron chi connectivity index (χ4n) is 2.99. The van der Waals surface area contributed by atoms with Gasteiger partial charge in [0.05, 0.1) is 0 Å². The summed E-state index contributed by atoms with van der Waals surface area (Å²) in [7, 11) is 1.98. The first kappa shape index (κ1) is 10.8. The average Bonchev–Trinajstić information content (AvgIpc) is 2.68. The van der Waals surface area contributed by atoms with E-state index < -0.39 is 0 Å². The molecule has 0 bridgehead atoms. The third kappa shape index (κ3) is 1.57. The Hall–Kier alpha value is -1.35. The number of aryl methyl sites for hydroxylation is 2. The largest absolute Gasteiger partial charge is 0.357 e. The van der Waals surface area contributed by atoms with E-state index in [9.17, 15) is 4.39 Å². The number of benzene rings is 1. The number of aromatic amines is 1. The van der Waals surface area contributed by atoms with Crippen LogP contribution in [0, 0.1) is 12.7 Å². The van der Waals surface area contributed by atoms with Crippen molar-refractivity contribution >= 4 is 10.9 Å². The Balaban J connectivity index is 2.30. The lowest BCUT2D eigenvalue weighted by atomic mass is 9.91. The minimum absolute atomic E-state index is 0.136. The van der Waals surface area contributed by atoms with Crippen molar-refractivity contribution in [2.45, 2.75) is 32.2 Å². The van der Waals surface area contributed by atoms with E-state index in [-0.39, 0.29) is 5.82 Å². The van der Waals surface area contributed by atoms with Gasteiger partial charge in [-0.25, -0.2) is 4.39 Å². The van der Waals surface area contributed by atoms with Crippen LogP contribution in [0.25, 0.3) is 10.9 Å². The number of nitrogens with one attached hydrogen (secondary N) is 2. The van der Waals surface area contributed by atoms with Crippen molar-refractivity contribution in [2.75, 3.05) is 7.05 Å². The third-order valence-corrected chi connectivity index (χ3v) is 3.83. The van der Waals surface area contributed by atoms with Crippen LogP contribution in [-0.2, 0) is 6.42 Å². The van der Waals surface area contributed by atoms with Gasteiger partial charge in [-0.2, -0.15) is 0 Å². The molecule has 1 aromatic heterocycles. The molecule has 0 fully saturated rings. The van der Waals surface area contributed by atoms with Crippen LogP contribution in [-0.4, -0.2) is 12.0 Å². The lowest BCUT2D eigenvalue weighted by Gasteiger charge is -2.21. The highest BCUT2D eigenvalue weighted by Gasteiger charge is 2.23. The molecule has 1 atom stereocenters. The number of H-pyrrole nitrogens is 1. The van der Waals surface area contributed by atoms with Crippen LogP contribution < -0.4 is 5.32 Å². The molecule has 2 aromatic rings. The highest BCUT2D eigenvalue weighted by Crippen LogP contribution is 2.35. The Morgan fingerprint density at radius 3 is 3.00 bits per heavy atom. The van der Waals surface area contributed by atoms with E-state index in [1.165, 1.54) is 17.7 Å². The molecule has 2 nitrogen and oxygen atoms in total. The Morgan fingerprint density at radius 2 is 2.24 bits per heavy atom. The monoisotopic (exact) mass is 232 g/mol. The van der Waals surface area contributed by atoms with Crippen molar-refractivity contribution in [3.8, 4) is 0 Å². The van der Waals surface area contributed by atoms with Gasteiger partial charge in [0, 0.05) is 22.6 Å². The van der Waals surface area contributed by atoms with Crippen LogP contribution in [0.2, 0.25) is 0 Å². The zero-order valence-electron chi connectivity index (χ0n) is 10.2. The Morgan fingerprint density at radius 1 is 1.41 bits per heavy atom. The van der Waals surface area contributed by atoms with E-state index in [1.54, 1.807) is 12.1 Å². The lowest BCUT2D eigenvalue weighted by Crippen LogP contribution is -2.21. The molecular formula is C14H17FN2. The fraction of sp³-hybridized carbons (Fsp3) is 0.429. The van der Waals surface area contributed by atoms with Gasteiger partial charge in [-0.3, -0.25) is 0 Å². The van der Waals surface area contributed by atoms with Gasteiger partial charge in [0.2, 0.25) is 0 Å². The second-order valence-electron chi connectivity index (χ2n) is 4.90. The topological polar surface area (TPSA) is 27.8 Å². The highest BCUT2D eigenvalue weighted by atomic mass is 19.1. The van der Waals surface area contributed by atoms with Gasteiger partial charge in [-0.15, -0.1) is 0 Å². The molecule has 1 aromatic carbocycles. The summed E-state index contributed by atoms with van der Waals surface area (Å²) in [5.74, 6) is -0.136. The smallest absolute Gasteiger partial charge is 0.124 e. The second kappa shape index (κ2) is 3.84. The van der Waals surface area contributed by atoms with Gasteiger partial charge in [0.15, 0.2) is 0 Å². The third-order valence-electron chi connectivity index (χ3n) is 3.83. The predicted molar refractivity (Wildman–Crippen MR) is 67.7 cm³/mol. The maximum atomic E-state index is 13.5. The molecule has 0 amide bonds. The summed E-state index contributed by atoms with van der Waals surface area (Å²) in [6.07, 6.45) is 3.37. The molecule has 1 heterocycles. The Bertz CT molecular complexity index is 571. The minimum Gasteiger partial charge on any atom is -0.357 e. The molecule has 0 saturated heterocycles. The standard InChI is InChI=1S/C14H17FN2/c1-8-6-9(15)7-11-10-4-3-5-12(16-2)14(10)17-13(8)11/h6-7,12,16-17H,3-5H2,1-2H3. The van der Waals surface area contributed by atoms with Crippen LogP contribution in [0.4, 0.5) is 4.39 Å². The van der Waals surface area contributed by atoms with E-state index in [0.717, 1.165) is 29.3 Å². The van der Waals surface area contributed by atoms with E-state index in [1.807, 2.05) is 14.0 Å². The normalized spacial score (nSPS) is 19.6. The first-order valence-corrected chi connectivity index (χ1v) is 6.18. The van der Waals surface area contributed by atoms with Gasteiger partial charge in [0.25, 0.3) is 0 Å².